The molecule has 0 bridgehead atoms. The van der Waals surface area contributed by atoms with Crippen molar-refractivity contribution in [2.75, 3.05) is 33.4 Å². The summed E-state index contributed by atoms with van der Waals surface area (Å²) in [6.45, 7) is 6.95. The van der Waals surface area contributed by atoms with Crippen LogP contribution in [0, 0.1) is 11.8 Å². The molecule has 146 valence electrons. The number of benzene rings is 1. The number of hydrogen-bond donors (Lipinski definition) is 0. The molecule has 1 amide bonds. The topological polar surface area (TPSA) is 56.6 Å². The molecule has 2 aromatic rings. The van der Waals surface area contributed by atoms with E-state index in [9.17, 15) is 4.79 Å². The van der Waals surface area contributed by atoms with Crippen LogP contribution >= 0.6 is 0 Å². The molecule has 6 nitrogen and oxygen atoms in total. The van der Waals surface area contributed by atoms with Gasteiger partial charge in [-0.2, -0.15) is 5.10 Å². The molecule has 1 aromatic heterocycles. The zero-order valence-corrected chi connectivity index (χ0v) is 16.4. The number of carbonyl (C=O) groups is 1. The minimum atomic E-state index is -0.0562. The Bertz CT molecular complexity index is 734. The van der Waals surface area contributed by atoms with Crippen LogP contribution in [0.1, 0.15) is 37.2 Å². The fraction of sp³-hybridized carbons (Fsp3) is 0.524. The second-order valence-corrected chi connectivity index (χ2v) is 7.52. The third kappa shape index (κ3) is 4.89. The summed E-state index contributed by atoms with van der Waals surface area (Å²) in [6.07, 6.45) is 3.73. The van der Waals surface area contributed by atoms with Gasteiger partial charge in [0.05, 0.1) is 18.5 Å². The molecule has 3 rings (SSSR count). The van der Waals surface area contributed by atoms with Crippen LogP contribution in [-0.2, 0) is 4.74 Å². The van der Waals surface area contributed by atoms with Crippen molar-refractivity contribution >= 4 is 5.91 Å². The summed E-state index contributed by atoms with van der Waals surface area (Å²) < 4.78 is 12.9. The zero-order valence-electron chi connectivity index (χ0n) is 16.4. The van der Waals surface area contributed by atoms with Crippen LogP contribution in [0.2, 0.25) is 0 Å². The van der Waals surface area contributed by atoms with Gasteiger partial charge in [-0.3, -0.25) is 4.79 Å². The highest BCUT2D eigenvalue weighted by atomic mass is 16.5. The fourth-order valence-electron chi connectivity index (χ4n) is 3.27. The molecular weight excluding hydrogens is 342 g/mol. The van der Waals surface area contributed by atoms with Crippen LogP contribution in [0.15, 0.2) is 36.5 Å². The van der Waals surface area contributed by atoms with E-state index in [-0.39, 0.29) is 5.91 Å². The van der Waals surface area contributed by atoms with Crippen LogP contribution in [-0.4, -0.2) is 54.0 Å². The predicted molar refractivity (Wildman–Crippen MR) is 104 cm³/mol. The van der Waals surface area contributed by atoms with Gasteiger partial charge in [0.15, 0.2) is 11.4 Å². The molecule has 0 radical (unpaired) electrons. The molecule has 1 aromatic carbocycles. The Morgan fingerprint density at radius 1 is 1.22 bits per heavy atom. The minimum absolute atomic E-state index is 0.0562. The number of carbonyl (C=O) groups excluding carboxylic acids is 1. The van der Waals surface area contributed by atoms with E-state index in [1.807, 2.05) is 41.4 Å². The third-order valence-electron chi connectivity index (χ3n) is 4.78. The monoisotopic (exact) mass is 371 g/mol. The zero-order chi connectivity index (χ0) is 19.2. The largest absolute Gasteiger partial charge is 0.489 e. The van der Waals surface area contributed by atoms with Gasteiger partial charge in [0.1, 0.15) is 0 Å². The lowest BCUT2D eigenvalue weighted by molar-refractivity contribution is 0.0603. The molecule has 0 saturated carbocycles. The highest BCUT2D eigenvalue weighted by Gasteiger charge is 2.28. The Labute approximate surface area is 161 Å². The Hall–Kier alpha value is -2.34. The molecule has 0 N–H and O–H groups in total. The van der Waals surface area contributed by atoms with Crippen LogP contribution in [0.4, 0.5) is 0 Å². The lowest BCUT2D eigenvalue weighted by atomic mass is 9.97. The van der Waals surface area contributed by atoms with Gasteiger partial charge in [-0.15, -0.1) is 0 Å². The van der Waals surface area contributed by atoms with E-state index in [4.69, 9.17) is 9.47 Å². The van der Waals surface area contributed by atoms with Crippen molar-refractivity contribution in [1.29, 1.82) is 0 Å². The van der Waals surface area contributed by atoms with Gasteiger partial charge in [0.2, 0.25) is 0 Å². The summed E-state index contributed by atoms with van der Waals surface area (Å²) in [4.78, 5) is 15.0. The van der Waals surface area contributed by atoms with Crippen molar-refractivity contribution < 1.29 is 14.3 Å². The number of aromatic nitrogens is 2. The average Bonchev–Trinajstić information content (AvgIpc) is 3.12. The molecule has 0 aliphatic carbocycles. The normalized spacial score (nSPS) is 15.3. The number of piperidine rings is 1. The van der Waals surface area contributed by atoms with Gasteiger partial charge >= 0.3 is 0 Å². The molecule has 0 unspecified atom stereocenters. The molecule has 1 aliphatic rings. The number of methoxy groups -OCH3 is 1. The van der Waals surface area contributed by atoms with Gasteiger partial charge in [-0.05, 0) is 36.8 Å². The first kappa shape index (κ1) is 19.4. The second-order valence-electron chi connectivity index (χ2n) is 7.52. The van der Waals surface area contributed by atoms with Crippen LogP contribution in [0.25, 0.3) is 5.69 Å². The first-order chi connectivity index (χ1) is 13.1. The Morgan fingerprint density at radius 3 is 2.56 bits per heavy atom. The van der Waals surface area contributed by atoms with E-state index in [2.05, 4.69) is 18.9 Å². The lowest BCUT2D eigenvalue weighted by Gasteiger charge is -2.31. The SMILES string of the molecule is COCC1CCN(C(=O)c2nn(-c3ccccc3)cc2OCC(C)C)CC1. The number of hydrogen-bond acceptors (Lipinski definition) is 4. The summed E-state index contributed by atoms with van der Waals surface area (Å²) in [5.41, 5.74) is 1.30. The van der Waals surface area contributed by atoms with Gasteiger partial charge in [0, 0.05) is 26.8 Å². The number of likely N-dealkylation sites (tertiary alicyclic amines) is 1. The highest BCUT2D eigenvalue weighted by Crippen LogP contribution is 2.25. The predicted octanol–water partition coefficient (Wildman–Crippen LogP) is 3.41. The van der Waals surface area contributed by atoms with Crippen molar-refractivity contribution in [2.24, 2.45) is 11.8 Å². The summed E-state index contributed by atoms with van der Waals surface area (Å²) in [6, 6.07) is 9.79. The first-order valence-corrected chi connectivity index (χ1v) is 9.64. The van der Waals surface area contributed by atoms with E-state index < -0.39 is 0 Å². The lowest BCUT2D eigenvalue weighted by Crippen LogP contribution is -2.39. The number of amides is 1. The summed E-state index contributed by atoms with van der Waals surface area (Å²) in [7, 11) is 1.73. The van der Waals surface area contributed by atoms with Crippen LogP contribution in [0.3, 0.4) is 0 Å². The number of rotatable bonds is 7. The van der Waals surface area contributed by atoms with Crippen molar-refractivity contribution in [1.82, 2.24) is 14.7 Å². The molecule has 0 spiro atoms. The van der Waals surface area contributed by atoms with Crippen molar-refractivity contribution in [2.45, 2.75) is 26.7 Å². The standard InChI is InChI=1S/C21H29N3O3/c1-16(2)14-27-19-13-24(18-7-5-4-6-8-18)22-20(19)21(25)23-11-9-17(10-12-23)15-26-3/h4-8,13,16-17H,9-12,14-15H2,1-3H3. The maximum atomic E-state index is 13.1. The van der Waals surface area contributed by atoms with Crippen molar-refractivity contribution in [3.8, 4) is 11.4 Å². The summed E-state index contributed by atoms with van der Waals surface area (Å²) in [5, 5.41) is 4.56. The molecule has 1 saturated heterocycles. The quantitative estimate of drug-likeness (QED) is 0.748. The number of para-hydroxylation sites is 1. The molecule has 27 heavy (non-hydrogen) atoms. The number of nitrogens with zero attached hydrogens (tertiary/aromatic N) is 3. The van der Waals surface area contributed by atoms with Gasteiger partial charge in [0.25, 0.3) is 5.91 Å². The molecule has 0 atom stereocenters. The molecule has 1 fully saturated rings. The molecule has 6 heteroatoms. The average molecular weight is 371 g/mol. The third-order valence-corrected chi connectivity index (χ3v) is 4.78. The van der Waals surface area contributed by atoms with E-state index in [1.54, 1.807) is 11.8 Å². The smallest absolute Gasteiger partial charge is 0.278 e. The maximum absolute atomic E-state index is 13.1. The Morgan fingerprint density at radius 2 is 1.93 bits per heavy atom. The summed E-state index contributed by atoms with van der Waals surface area (Å²) >= 11 is 0. The number of ether oxygens (including phenoxy) is 2. The first-order valence-electron chi connectivity index (χ1n) is 9.64. The fourth-order valence-corrected chi connectivity index (χ4v) is 3.27. The van der Waals surface area contributed by atoms with Crippen molar-refractivity contribution in [3.05, 3.63) is 42.2 Å². The van der Waals surface area contributed by atoms with Gasteiger partial charge < -0.3 is 14.4 Å². The molecule has 2 heterocycles. The molecular formula is C21H29N3O3. The van der Waals surface area contributed by atoms with E-state index in [0.29, 0.717) is 29.9 Å². The van der Waals surface area contributed by atoms with Gasteiger partial charge in [-0.25, -0.2) is 4.68 Å². The van der Waals surface area contributed by atoms with Crippen LogP contribution in [0.5, 0.6) is 5.75 Å². The van der Waals surface area contributed by atoms with E-state index in [0.717, 1.165) is 38.2 Å². The Balaban J connectivity index is 1.80. The van der Waals surface area contributed by atoms with E-state index in [1.165, 1.54) is 0 Å². The minimum Gasteiger partial charge on any atom is -0.489 e. The highest BCUT2D eigenvalue weighted by molar-refractivity contribution is 5.95. The van der Waals surface area contributed by atoms with Crippen molar-refractivity contribution in [3.63, 3.8) is 0 Å². The summed E-state index contributed by atoms with van der Waals surface area (Å²) in [5.74, 6) is 1.39. The van der Waals surface area contributed by atoms with Gasteiger partial charge in [-0.1, -0.05) is 32.0 Å². The maximum Gasteiger partial charge on any atom is 0.278 e. The van der Waals surface area contributed by atoms with Crippen LogP contribution < -0.4 is 4.74 Å². The molecule has 1 aliphatic heterocycles. The Kier molecular flexibility index (Phi) is 6.50. The second kappa shape index (κ2) is 9.04. The van der Waals surface area contributed by atoms with E-state index >= 15 is 0 Å².